The molecule has 2 aromatic rings. The number of fused-ring (bicyclic) bond motifs is 1. The van der Waals surface area contributed by atoms with Gasteiger partial charge >= 0.3 is 0 Å². The Kier molecular flexibility index (Phi) is 4.77. The highest BCUT2D eigenvalue weighted by molar-refractivity contribution is 7.22. The van der Waals surface area contributed by atoms with Crippen LogP contribution in [0, 0.1) is 16.0 Å². The number of anilines is 1. The average Bonchev–Trinajstić information content (AvgIpc) is 3.24. The number of amides is 2. The summed E-state index contributed by atoms with van der Waals surface area (Å²) in [6.45, 7) is 0.464. The molecule has 1 saturated carbocycles. The fraction of sp³-hybridized carbons (Fsp3) is 0.500. The molecule has 2 amide bonds. The van der Waals surface area contributed by atoms with Crippen molar-refractivity contribution in [3.63, 3.8) is 0 Å². The van der Waals surface area contributed by atoms with E-state index in [0.29, 0.717) is 21.9 Å². The highest BCUT2D eigenvalue weighted by atomic mass is 32.1. The average molecular weight is 388 g/mol. The molecule has 8 nitrogen and oxygen atoms in total. The molecule has 1 aliphatic carbocycles. The molecule has 1 aliphatic heterocycles. The number of rotatable bonds is 4. The van der Waals surface area contributed by atoms with Crippen LogP contribution < -0.4 is 5.32 Å². The number of carbonyl (C=O) groups excluding carboxylic acids is 2. The Morgan fingerprint density at radius 3 is 2.81 bits per heavy atom. The second kappa shape index (κ2) is 7.22. The summed E-state index contributed by atoms with van der Waals surface area (Å²) in [7, 11) is 0. The minimum atomic E-state index is -0.457. The molecule has 0 unspecified atom stereocenters. The maximum absolute atomic E-state index is 12.6. The van der Waals surface area contributed by atoms with Crippen LogP contribution in [0.4, 0.5) is 10.8 Å². The predicted octanol–water partition coefficient (Wildman–Crippen LogP) is 3.32. The van der Waals surface area contributed by atoms with E-state index in [9.17, 15) is 19.7 Å². The van der Waals surface area contributed by atoms with Crippen molar-refractivity contribution in [3.8, 4) is 0 Å². The van der Waals surface area contributed by atoms with E-state index in [2.05, 4.69) is 10.3 Å². The molecule has 1 saturated heterocycles. The number of thiazole rings is 1. The molecular formula is C18H20N4O4S. The Labute approximate surface area is 159 Å². The summed E-state index contributed by atoms with van der Waals surface area (Å²) in [6.07, 6.45) is 5.79. The van der Waals surface area contributed by atoms with Crippen molar-refractivity contribution in [2.75, 3.05) is 11.9 Å². The van der Waals surface area contributed by atoms with Crippen LogP contribution in [0.1, 0.15) is 38.5 Å². The second-order valence-corrected chi connectivity index (χ2v) is 8.19. The van der Waals surface area contributed by atoms with Crippen LogP contribution in [-0.4, -0.2) is 39.2 Å². The first kappa shape index (κ1) is 17.8. The van der Waals surface area contributed by atoms with Gasteiger partial charge in [-0.3, -0.25) is 19.7 Å². The molecular weight excluding hydrogens is 368 g/mol. The number of nitrogens with one attached hydrogen (secondary N) is 1. The maximum atomic E-state index is 12.6. The quantitative estimate of drug-likeness (QED) is 0.639. The molecule has 142 valence electrons. The van der Waals surface area contributed by atoms with Gasteiger partial charge in [0, 0.05) is 31.1 Å². The Morgan fingerprint density at radius 1 is 1.30 bits per heavy atom. The molecule has 4 rings (SSSR count). The van der Waals surface area contributed by atoms with Crippen molar-refractivity contribution in [3.05, 3.63) is 28.3 Å². The summed E-state index contributed by atoms with van der Waals surface area (Å²) < 4.78 is 0.644. The summed E-state index contributed by atoms with van der Waals surface area (Å²) >= 11 is 1.20. The zero-order chi connectivity index (χ0) is 19.0. The van der Waals surface area contributed by atoms with Crippen LogP contribution in [0.25, 0.3) is 10.2 Å². The number of hydrogen-bond donors (Lipinski definition) is 1. The van der Waals surface area contributed by atoms with Crippen molar-refractivity contribution < 1.29 is 14.5 Å². The summed E-state index contributed by atoms with van der Waals surface area (Å²) in [5, 5.41) is 14.1. The number of hydrogen-bond acceptors (Lipinski definition) is 6. The molecule has 2 aliphatic rings. The molecule has 9 heteroatoms. The first-order chi connectivity index (χ1) is 13.0. The zero-order valence-electron chi connectivity index (χ0n) is 14.7. The minimum Gasteiger partial charge on any atom is -0.339 e. The molecule has 1 atom stereocenters. The fourth-order valence-electron chi connectivity index (χ4n) is 3.94. The number of benzene rings is 1. The van der Waals surface area contributed by atoms with Crippen LogP contribution in [0.5, 0.6) is 0 Å². The van der Waals surface area contributed by atoms with E-state index in [1.165, 1.54) is 29.9 Å². The lowest BCUT2D eigenvalue weighted by Gasteiger charge is -2.31. The van der Waals surface area contributed by atoms with E-state index in [4.69, 9.17) is 0 Å². The van der Waals surface area contributed by atoms with Crippen LogP contribution >= 0.6 is 11.3 Å². The molecule has 2 fully saturated rings. The van der Waals surface area contributed by atoms with Gasteiger partial charge in [0.15, 0.2) is 5.13 Å². The van der Waals surface area contributed by atoms with E-state index in [0.717, 1.165) is 25.7 Å². The Morgan fingerprint density at radius 2 is 2.07 bits per heavy atom. The lowest BCUT2D eigenvalue weighted by Crippen LogP contribution is -2.38. The van der Waals surface area contributed by atoms with Gasteiger partial charge in [0.05, 0.1) is 21.1 Å². The Bertz CT molecular complexity index is 906. The van der Waals surface area contributed by atoms with Crippen LogP contribution in [0.2, 0.25) is 0 Å². The van der Waals surface area contributed by atoms with E-state index < -0.39 is 4.92 Å². The van der Waals surface area contributed by atoms with Crippen molar-refractivity contribution in [2.24, 2.45) is 5.92 Å². The van der Waals surface area contributed by atoms with E-state index in [-0.39, 0.29) is 35.9 Å². The molecule has 0 bridgehead atoms. The maximum Gasteiger partial charge on any atom is 0.270 e. The van der Waals surface area contributed by atoms with Gasteiger partial charge in [0.25, 0.3) is 5.69 Å². The van der Waals surface area contributed by atoms with E-state index >= 15 is 0 Å². The van der Waals surface area contributed by atoms with Crippen molar-refractivity contribution in [2.45, 2.75) is 44.6 Å². The third kappa shape index (κ3) is 3.64. The molecule has 1 aromatic heterocycles. The monoisotopic (exact) mass is 388 g/mol. The van der Waals surface area contributed by atoms with Gasteiger partial charge in [0.2, 0.25) is 11.8 Å². The van der Waals surface area contributed by atoms with Crippen molar-refractivity contribution >= 4 is 44.2 Å². The van der Waals surface area contributed by atoms with Crippen LogP contribution in [0.15, 0.2) is 18.2 Å². The number of nitrogens with zero attached hydrogens (tertiary/aromatic N) is 3. The third-order valence-electron chi connectivity index (χ3n) is 5.36. The summed E-state index contributed by atoms with van der Waals surface area (Å²) in [4.78, 5) is 41.6. The molecule has 27 heavy (non-hydrogen) atoms. The SMILES string of the molecule is O=C(Nc1nc2ccc([N+](=O)[O-])cc2s1)[C@@H]1CC(=O)N(C2CCCCC2)C1. The first-order valence-corrected chi connectivity index (χ1v) is 9.98. The topological polar surface area (TPSA) is 105 Å². The summed E-state index contributed by atoms with van der Waals surface area (Å²) in [6, 6.07) is 4.69. The number of carbonyl (C=O) groups is 2. The Hall–Kier alpha value is -2.55. The van der Waals surface area contributed by atoms with E-state index in [1.807, 2.05) is 4.90 Å². The standard InChI is InChI=1S/C18H20N4O4S/c23-16-8-11(10-21(16)12-4-2-1-3-5-12)17(24)20-18-19-14-7-6-13(22(25)26)9-15(14)27-18/h6-7,9,11-12H,1-5,8,10H2,(H,19,20,24)/t11-/m1/s1. The third-order valence-corrected chi connectivity index (χ3v) is 6.29. The minimum absolute atomic E-state index is 0.00598. The van der Waals surface area contributed by atoms with Crippen LogP contribution in [0.3, 0.4) is 0 Å². The predicted molar refractivity (Wildman–Crippen MR) is 102 cm³/mol. The number of nitro benzene ring substituents is 1. The fourth-order valence-corrected chi connectivity index (χ4v) is 4.84. The zero-order valence-corrected chi connectivity index (χ0v) is 15.5. The van der Waals surface area contributed by atoms with Gasteiger partial charge in [-0.2, -0.15) is 0 Å². The van der Waals surface area contributed by atoms with Gasteiger partial charge < -0.3 is 10.2 Å². The normalized spacial score (nSPS) is 21.0. The molecule has 0 spiro atoms. The van der Waals surface area contributed by atoms with Crippen molar-refractivity contribution in [1.82, 2.24) is 9.88 Å². The smallest absolute Gasteiger partial charge is 0.270 e. The lowest BCUT2D eigenvalue weighted by molar-refractivity contribution is -0.384. The number of likely N-dealkylation sites (tertiary alicyclic amines) is 1. The second-order valence-electron chi connectivity index (χ2n) is 7.16. The van der Waals surface area contributed by atoms with Gasteiger partial charge in [-0.15, -0.1) is 0 Å². The first-order valence-electron chi connectivity index (χ1n) is 9.16. The van der Waals surface area contributed by atoms with Gasteiger partial charge in [0.1, 0.15) is 0 Å². The molecule has 1 aromatic carbocycles. The highest BCUT2D eigenvalue weighted by Gasteiger charge is 2.38. The highest BCUT2D eigenvalue weighted by Crippen LogP contribution is 2.31. The largest absolute Gasteiger partial charge is 0.339 e. The number of non-ortho nitro benzene ring substituents is 1. The summed E-state index contributed by atoms with van der Waals surface area (Å²) in [5.41, 5.74) is 0.598. The van der Waals surface area contributed by atoms with Gasteiger partial charge in [-0.25, -0.2) is 4.98 Å². The number of aromatic nitrogens is 1. The van der Waals surface area contributed by atoms with Crippen LogP contribution in [-0.2, 0) is 9.59 Å². The lowest BCUT2D eigenvalue weighted by atomic mass is 9.94. The van der Waals surface area contributed by atoms with E-state index in [1.54, 1.807) is 6.07 Å². The molecule has 2 heterocycles. The van der Waals surface area contributed by atoms with Gasteiger partial charge in [-0.05, 0) is 18.9 Å². The molecule has 1 N–H and O–H groups in total. The summed E-state index contributed by atoms with van der Waals surface area (Å²) in [5.74, 6) is -0.530. The Balaban J connectivity index is 1.43. The van der Waals surface area contributed by atoms with Crippen molar-refractivity contribution in [1.29, 1.82) is 0 Å². The number of nitro groups is 1. The molecule has 0 radical (unpaired) electrons. The van der Waals surface area contributed by atoms with Gasteiger partial charge in [-0.1, -0.05) is 30.6 Å².